The molecule has 3 aliphatic rings. The standard InChI is InChI=1S/C27H30ClFN4O3/c28-22-7-3-1-5-20(22)24-17-25(21-6-2-4-8-23(21)29)33(30-24)26(34)18-32(27(35)19-9-10-19)12-11-31-13-15-36-16-14-31/h1-8,19,25H,9-18H2. The van der Waals surface area contributed by atoms with Crippen LogP contribution in [0.3, 0.4) is 0 Å². The second kappa shape index (κ2) is 11.1. The Hall–Kier alpha value is -2.81. The fraction of sp³-hybridized carbons (Fsp3) is 0.444. The molecule has 36 heavy (non-hydrogen) atoms. The molecule has 1 saturated heterocycles. The average Bonchev–Trinajstić information content (AvgIpc) is 3.66. The van der Waals surface area contributed by atoms with Crippen LogP contribution in [0.1, 0.15) is 36.4 Å². The Morgan fingerprint density at radius 3 is 2.53 bits per heavy atom. The van der Waals surface area contributed by atoms with Crippen LogP contribution in [-0.4, -0.2) is 78.3 Å². The lowest BCUT2D eigenvalue weighted by molar-refractivity contribution is -0.142. The number of rotatable bonds is 8. The zero-order valence-corrected chi connectivity index (χ0v) is 20.9. The lowest BCUT2D eigenvalue weighted by Crippen LogP contribution is -2.47. The summed E-state index contributed by atoms with van der Waals surface area (Å²) in [5, 5.41) is 6.49. The Labute approximate surface area is 215 Å². The number of hydrogen-bond acceptors (Lipinski definition) is 5. The van der Waals surface area contributed by atoms with E-state index in [1.54, 1.807) is 29.2 Å². The number of benzene rings is 2. The highest BCUT2D eigenvalue weighted by atomic mass is 35.5. The van der Waals surface area contributed by atoms with E-state index in [-0.39, 0.29) is 24.3 Å². The van der Waals surface area contributed by atoms with E-state index < -0.39 is 11.9 Å². The molecule has 9 heteroatoms. The topological polar surface area (TPSA) is 65.5 Å². The summed E-state index contributed by atoms with van der Waals surface area (Å²) in [5.74, 6) is -0.727. The molecule has 7 nitrogen and oxygen atoms in total. The van der Waals surface area contributed by atoms with Gasteiger partial charge in [-0.2, -0.15) is 5.10 Å². The van der Waals surface area contributed by atoms with Crippen LogP contribution in [0.15, 0.2) is 53.6 Å². The van der Waals surface area contributed by atoms with Gasteiger partial charge in [0.25, 0.3) is 5.91 Å². The van der Waals surface area contributed by atoms with Crippen LogP contribution in [0, 0.1) is 11.7 Å². The van der Waals surface area contributed by atoms with Gasteiger partial charge in [0.1, 0.15) is 12.4 Å². The quantitative estimate of drug-likeness (QED) is 0.540. The SMILES string of the molecule is O=C(C1CC1)N(CCN1CCOCC1)CC(=O)N1N=C(c2ccccc2Cl)CC1c1ccccc1F. The largest absolute Gasteiger partial charge is 0.379 e. The van der Waals surface area contributed by atoms with Gasteiger partial charge in [0, 0.05) is 54.7 Å². The molecule has 1 atom stereocenters. The Morgan fingerprint density at radius 1 is 1.08 bits per heavy atom. The van der Waals surface area contributed by atoms with Crippen molar-refractivity contribution in [2.24, 2.45) is 11.0 Å². The molecule has 0 N–H and O–H groups in total. The number of carbonyl (C=O) groups is 2. The van der Waals surface area contributed by atoms with E-state index in [1.807, 2.05) is 18.2 Å². The summed E-state index contributed by atoms with van der Waals surface area (Å²) in [6.07, 6.45) is 2.05. The molecule has 2 aromatic rings. The zero-order valence-electron chi connectivity index (χ0n) is 20.1. The number of amides is 2. The molecular weight excluding hydrogens is 483 g/mol. The fourth-order valence-electron chi connectivity index (χ4n) is 4.76. The third-order valence-electron chi connectivity index (χ3n) is 6.97. The lowest BCUT2D eigenvalue weighted by Gasteiger charge is -2.31. The Morgan fingerprint density at radius 2 is 1.81 bits per heavy atom. The zero-order chi connectivity index (χ0) is 25.1. The third kappa shape index (κ3) is 5.61. The number of morpholine rings is 1. The average molecular weight is 513 g/mol. The van der Waals surface area contributed by atoms with Gasteiger partial charge in [0.2, 0.25) is 5.91 Å². The molecule has 2 amide bonds. The molecule has 1 aliphatic carbocycles. The van der Waals surface area contributed by atoms with Crippen molar-refractivity contribution in [2.45, 2.75) is 25.3 Å². The first-order chi connectivity index (χ1) is 17.5. The van der Waals surface area contributed by atoms with Crippen molar-refractivity contribution in [1.82, 2.24) is 14.8 Å². The smallest absolute Gasteiger partial charge is 0.262 e. The van der Waals surface area contributed by atoms with Crippen LogP contribution in [0.2, 0.25) is 5.02 Å². The van der Waals surface area contributed by atoms with Crippen molar-refractivity contribution >= 4 is 29.1 Å². The van der Waals surface area contributed by atoms with Crippen molar-refractivity contribution in [3.05, 3.63) is 70.5 Å². The van der Waals surface area contributed by atoms with Gasteiger partial charge >= 0.3 is 0 Å². The van der Waals surface area contributed by atoms with Crippen molar-refractivity contribution in [1.29, 1.82) is 0 Å². The van der Waals surface area contributed by atoms with Crippen molar-refractivity contribution in [3.63, 3.8) is 0 Å². The van der Waals surface area contributed by atoms with Gasteiger partial charge in [-0.15, -0.1) is 0 Å². The number of ether oxygens (including phenoxy) is 1. The highest BCUT2D eigenvalue weighted by Gasteiger charge is 2.38. The summed E-state index contributed by atoms with van der Waals surface area (Å²) in [4.78, 5) is 30.6. The van der Waals surface area contributed by atoms with Crippen LogP contribution in [0.5, 0.6) is 0 Å². The second-order valence-corrected chi connectivity index (χ2v) is 9.90. The molecule has 0 aromatic heterocycles. The summed E-state index contributed by atoms with van der Waals surface area (Å²) < 4.78 is 20.2. The van der Waals surface area contributed by atoms with Crippen molar-refractivity contribution in [3.8, 4) is 0 Å². The maximum Gasteiger partial charge on any atom is 0.262 e. The molecule has 0 bridgehead atoms. The molecule has 1 saturated carbocycles. The minimum Gasteiger partial charge on any atom is -0.379 e. The van der Waals surface area contributed by atoms with E-state index >= 15 is 0 Å². The number of carbonyl (C=O) groups excluding carboxylic acids is 2. The van der Waals surface area contributed by atoms with E-state index in [0.717, 1.165) is 25.9 Å². The summed E-state index contributed by atoms with van der Waals surface area (Å²) in [7, 11) is 0. The van der Waals surface area contributed by atoms with Crippen LogP contribution in [0.25, 0.3) is 0 Å². The first kappa shape index (κ1) is 24.9. The monoisotopic (exact) mass is 512 g/mol. The molecule has 0 radical (unpaired) electrons. The van der Waals surface area contributed by atoms with E-state index in [2.05, 4.69) is 10.0 Å². The molecule has 5 rings (SSSR count). The maximum absolute atomic E-state index is 14.8. The number of hydrazone groups is 1. The molecule has 1 unspecified atom stereocenters. The highest BCUT2D eigenvalue weighted by molar-refractivity contribution is 6.34. The Kier molecular flexibility index (Phi) is 7.65. The van der Waals surface area contributed by atoms with E-state index in [0.29, 0.717) is 54.6 Å². The van der Waals surface area contributed by atoms with Gasteiger partial charge in [-0.3, -0.25) is 14.5 Å². The van der Waals surface area contributed by atoms with E-state index in [4.69, 9.17) is 16.3 Å². The Balaban J connectivity index is 1.38. The molecule has 2 fully saturated rings. The predicted octanol–water partition coefficient (Wildman–Crippen LogP) is 3.73. The van der Waals surface area contributed by atoms with Gasteiger partial charge < -0.3 is 9.64 Å². The van der Waals surface area contributed by atoms with Crippen LogP contribution in [-0.2, 0) is 14.3 Å². The van der Waals surface area contributed by atoms with Gasteiger partial charge in [0.15, 0.2) is 0 Å². The molecule has 0 spiro atoms. The third-order valence-corrected chi connectivity index (χ3v) is 7.30. The summed E-state index contributed by atoms with van der Waals surface area (Å²) >= 11 is 6.41. The predicted molar refractivity (Wildman–Crippen MR) is 135 cm³/mol. The van der Waals surface area contributed by atoms with E-state index in [1.165, 1.54) is 11.1 Å². The first-order valence-electron chi connectivity index (χ1n) is 12.5. The first-order valence-corrected chi connectivity index (χ1v) is 12.9. The Bertz CT molecular complexity index is 1150. The minimum atomic E-state index is -0.609. The molecule has 2 aliphatic heterocycles. The highest BCUT2D eigenvalue weighted by Crippen LogP contribution is 2.36. The number of nitrogens with zero attached hydrogens (tertiary/aromatic N) is 4. The molecule has 2 heterocycles. The number of hydrogen-bond donors (Lipinski definition) is 0. The fourth-order valence-corrected chi connectivity index (χ4v) is 5.01. The normalized spacial score (nSPS) is 20.3. The molecule has 2 aromatic carbocycles. The summed E-state index contributed by atoms with van der Waals surface area (Å²) in [5.41, 5.74) is 1.73. The van der Waals surface area contributed by atoms with Crippen molar-refractivity contribution < 1.29 is 18.7 Å². The second-order valence-electron chi connectivity index (χ2n) is 9.49. The van der Waals surface area contributed by atoms with E-state index in [9.17, 15) is 14.0 Å². The summed E-state index contributed by atoms with van der Waals surface area (Å²) in [6.45, 7) is 4.02. The summed E-state index contributed by atoms with van der Waals surface area (Å²) in [6, 6.07) is 13.1. The van der Waals surface area contributed by atoms with Gasteiger partial charge in [0.05, 0.1) is 25.0 Å². The minimum absolute atomic E-state index is 0.00792. The lowest BCUT2D eigenvalue weighted by atomic mass is 9.98. The van der Waals surface area contributed by atoms with Crippen LogP contribution < -0.4 is 0 Å². The van der Waals surface area contributed by atoms with Gasteiger partial charge in [-0.05, 0) is 25.0 Å². The number of halogens is 2. The van der Waals surface area contributed by atoms with Gasteiger partial charge in [-0.1, -0.05) is 48.0 Å². The van der Waals surface area contributed by atoms with Gasteiger partial charge in [-0.25, -0.2) is 9.40 Å². The molecule has 190 valence electrons. The molecular formula is C27H30ClFN4O3. The van der Waals surface area contributed by atoms with Crippen LogP contribution >= 0.6 is 11.6 Å². The van der Waals surface area contributed by atoms with Crippen molar-refractivity contribution in [2.75, 3.05) is 45.9 Å². The van der Waals surface area contributed by atoms with Crippen LogP contribution in [0.4, 0.5) is 4.39 Å². The maximum atomic E-state index is 14.8.